The summed E-state index contributed by atoms with van der Waals surface area (Å²) in [7, 11) is 0. The van der Waals surface area contributed by atoms with Crippen LogP contribution in [0.5, 0.6) is 5.75 Å². The van der Waals surface area contributed by atoms with E-state index in [1.54, 1.807) is 0 Å². The molecule has 1 atom stereocenters. The Bertz CT molecular complexity index is 1020. The maximum Gasteiger partial charge on any atom is 0.262 e. The molecule has 0 aliphatic heterocycles. The fourth-order valence-electron chi connectivity index (χ4n) is 3.01. The van der Waals surface area contributed by atoms with E-state index in [0.29, 0.717) is 5.39 Å². The lowest BCUT2D eigenvalue weighted by molar-refractivity contribution is 0.0908. The Kier molecular flexibility index (Phi) is 5.16. The SMILES string of the molecule is Cc1ccc(C)c(OC[C@H](O)Cn2cnc3sc(C)c(C)c3c2=O)c1C. The van der Waals surface area contributed by atoms with Gasteiger partial charge in [0.15, 0.2) is 0 Å². The Morgan fingerprint density at radius 3 is 2.58 bits per heavy atom. The van der Waals surface area contributed by atoms with Crippen LogP contribution in [0, 0.1) is 34.6 Å². The summed E-state index contributed by atoms with van der Waals surface area (Å²) in [5.74, 6) is 0.800. The molecule has 0 bridgehead atoms. The minimum Gasteiger partial charge on any atom is -0.490 e. The molecular weight excluding hydrogens is 348 g/mol. The average Bonchev–Trinajstić information content (AvgIpc) is 2.89. The van der Waals surface area contributed by atoms with Crippen molar-refractivity contribution >= 4 is 21.6 Å². The topological polar surface area (TPSA) is 64.3 Å². The van der Waals surface area contributed by atoms with Gasteiger partial charge < -0.3 is 9.84 Å². The second kappa shape index (κ2) is 7.21. The van der Waals surface area contributed by atoms with Gasteiger partial charge in [-0.3, -0.25) is 9.36 Å². The molecular formula is C20H24N2O3S. The van der Waals surface area contributed by atoms with E-state index < -0.39 is 6.10 Å². The van der Waals surface area contributed by atoms with Crippen molar-refractivity contribution < 1.29 is 9.84 Å². The van der Waals surface area contributed by atoms with E-state index in [-0.39, 0.29) is 18.7 Å². The van der Waals surface area contributed by atoms with Crippen LogP contribution in [-0.4, -0.2) is 27.4 Å². The lowest BCUT2D eigenvalue weighted by Gasteiger charge is -2.17. The van der Waals surface area contributed by atoms with Crippen molar-refractivity contribution in [3.63, 3.8) is 0 Å². The molecule has 1 N–H and O–H groups in total. The predicted octanol–water partition coefficient (Wildman–Crippen LogP) is 3.44. The third-order valence-electron chi connectivity index (χ3n) is 4.86. The number of aliphatic hydroxyl groups excluding tert-OH is 1. The van der Waals surface area contributed by atoms with E-state index in [1.807, 2.05) is 40.7 Å². The molecule has 3 rings (SSSR count). The summed E-state index contributed by atoms with van der Waals surface area (Å²) in [5.41, 5.74) is 4.11. The molecule has 0 aliphatic carbocycles. The van der Waals surface area contributed by atoms with Crippen LogP contribution < -0.4 is 10.3 Å². The van der Waals surface area contributed by atoms with Gasteiger partial charge in [0.1, 0.15) is 23.3 Å². The highest BCUT2D eigenvalue weighted by atomic mass is 32.1. The minimum atomic E-state index is -0.800. The smallest absolute Gasteiger partial charge is 0.262 e. The third kappa shape index (κ3) is 3.39. The van der Waals surface area contributed by atoms with Gasteiger partial charge in [-0.05, 0) is 56.9 Å². The van der Waals surface area contributed by atoms with E-state index >= 15 is 0 Å². The Labute approximate surface area is 156 Å². The van der Waals surface area contributed by atoms with Crippen LogP contribution in [0.4, 0.5) is 0 Å². The standard InChI is InChI=1S/C20H24N2O3S/c1-11-6-7-12(2)18(13(11)3)25-9-16(23)8-22-10-21-19-17(20(22)24)14(4)15(5)26-19/h6-7,10,16,23H,8-9H2,1-5H3/t16-/m1/s1. The van der Waals surface area contributed by atoms with Gasteiger partial charge in [-0.1, -0.05) is 12.1 Å². The summed E-state index contributed by atoms with van der Waals surface area (Å²) < 4.78 is 7.32. The number of thiophene rings is 1. The number of hydrogen-bond donors (Lipinski definition) is 1. The molecule has 0 radical (unpaired) electrons. The second-order valence-corrected chi connectivity index (χ2v) is 7.99. The van der Waals surface area contributed by atoms with Crippen LogP contribution in [0.15, 0.2) is 23.3 Å². The van der Waals surface area contributed by atoms with Crippen LogP contribution in [0.25, 0.3) is 10.2 Å². The van der Waals surface area contributed by atoms with Gasteiger partial charge >= 0.3 is 0 Å². The van der Waals surface area contributed by atoms with E-state index in [0.717, 1.165) is 37.7 Å². The largest absolute Gasteiger partial charge is 0.490 e. The zero-order valence-corrected chi connectivity index (χ0v) is 16.6. The molecule has 0 unspecified atom stereocenters. The first kappa shape index (κ1) is 18.6. The lowest BCUT2D eigenvalue weighted by Crippen LogP contribution is -2.30. The molecule has 26 heavy (non-hydrogen) atoms. The van der Waals surface area contributed by atoms with Crippen molar-refractivity contribution in [2.45, 2.75) is 47.3 Å². The number of fused-ring (bicyclic) bond motifs is 1. The van der Waals surface area contributed by atoms with Gasteiger partial charge in [-0.15, -0.1) is 11.3 Å². The molecule has 5 nitrogen and oxygen atoms in total. The van der Waals surface area contributed by atoms with Gasteiger partial charge in [0.25, 0.3) is 5.56 Å². The molecule has 3 aromatic rings. The molecule has 0 aliphatic rings. The van der Waals surface area contributed by atoms with E-state index in [4.69, 9.17) is 4.74 Å². The predicted molar refractivity (Wildman–Crippen MR) is 106 cm³/mol. The van der Waals surface area contributed by atoms with Crippen molar-refractivity contribution in [3.05, 3.63) is 55.9 Å². The monoisotopic (exact) mass is 372 g/mol. The Morgan fingerprint density at radius 1 is 1.15 bits per heavy atom. The number of benzene rings is 1. The van der Waals surface area contributed by atoms with E-state index in [9.17, 15) is 9.90 Å². The maximum absolute atomic E-state index is 12.7. The normalized spacial score (nSPS) is 12.5. The summed E-state index contributed by atoms with van der Waals surface area (Å²) in [6.07, 6.45) is 0.707. The first-order valence-electron chi connectivity index (χ1n) is 8.62. The minimum absolute atomic E-state index is 0.112. The first-order valence-corrected chi connectivity index (χ1v) is 9.44. The molecule has 1 aromatic carbocycles. The molecule has 2 aromatic heterocycles. The molecule has 138 valence electrons. The summed E-state index contributed by atoms with van der Waals surface area (Å²) in [6, 6.07) is 4.06. The number of hydrogen-bond acceptors (Lipinski definition) is 5. The fourth-order valence-corrected chi connectivity index (χ4v) is 3.99. The first-order chi connectivity index (χ1) is 12.3. The van der Waals surface area contributed by atoms with Gasteiger partial charge in [0, 0.05) is 4.88 Å². The molecule has 2 heterocycles. The zero-order valence-electron chi connectivity index (χ0n) is 15.8. The Balaban J connectivity index is 1.77. The van der Waals surface area contributed by atoms with Crippen molar-refractivity contribution in [2.24, 2.45) is 0 Å². The van der Waals surface area contributed by atoms with Crippen LogP contribution in [0.3, 0.4) is 0 Å². The van der Waals surface area contributed by atoms with Crippen molar-refractivity contribution in [1.29, 1.82) is 0 Å². The lowest BCUT2D eigenvalue weighted by atomic mass is 10.1. The van der Waals surface area contributed by atoms with Gasteiger partial charge in [-0.2, -0.15) is 0 Å². The van der Waals surface area contributed by atoms with Gasteiger partial charge in [-0.25, -0.2) is 4.98 Å². The maximum atomic E-state index is 12.7. The number of aryl methyl sites for hydroxylation is 4. The summed E-state index contributed by atoms with van der Waals surface area (Å²) in [6.45, 7) is 10.2. The number of ether oxygens (including phenoxy) is 1. The highest BCUT2D eigenvalue weighted by Gasteiger charge is 2.15. The summed E-state index contributed by atoms with van der Waals surface area (Å²) in [5, 5.41) is 11.0. The Hall–Kier alpha value is -2.18. The molecule has 0 fully saturated rings. The van der Waals surface area contributed by atoms with Gasteiger partial charge in [0.2, 0.25) is 0 Å². The highest BCUT2D eigenvalue weighted by molar-refractivity contribution is 7.18. The van der Waals surface area contributed by atoms with Gasteiger partial charge in [0.05, 0.1) is 18.3 Å². The zero-order chi connectivity index (χ0) is 19.0. The van der Waals surface area contributed by atoms with Crippen molar-refractivity contribution in [1.82, 2.24) is 9.55 Å². The van der Waals surface area contributed by atoms with Crippen LogP contribution >= 0.6 is 11.3 Å². The van der Waals surface area contributed by atoms with Crippen LogP contribution in [0.1, 0.15) is 27.1 Å². The summed E-state index contributed by atoms with van der Waals surface area (Å²) in [4.78, 5) is 18.9. The van der Waals surface area contributed by atoms with Crippen molar-refractivity contribution in [2.75, 3.05) is 6.61 Å². The molecule has 0 amide bonds. The van der Waals surface area contributed by atoms with Crippen LogP contribution in [-0.2, 0) is 6.54 Å². The molecule has 0 saturated carbocycles. The quantitative estimate of drug-likeness (QED) is 0.745. The summed E-state index contributed by atoms with van der Waals surface area (Å²) >= 11 is 1.52. The molecule has 0 saturated heterocycles. The Morgan fingerprint density at radius 2 is 1.85 bits per heavy atom. The number of nitrogens with zero attached hydrogens (tertiary/aromatic N) is 2. The molecule has 6 heteroatoms. The van der Waals surface area contributed by atoms with Crippen molar-refractivity contribution in [3.8, 4) is 5.75 Å². The average molecular weight is 372 g/mol. The third-order valence-corrected chi connectivity index (χ3v) is 5.97. The number of aliphatic hydroxyl groups is 1. The highest BCUT2D eigenvalue weighted by Crippen LogP contribution is 2.26. The van der Waals surface area contributed by atoms with E-state index in [2.05, 4.69) is 11.1 Å². The number of aromatic nitrogens is 2. The van der Waals surface area contributed by atoms with Crippen LogP contribution in [0.2, 0.25) is 0 Å². The molecule has 0 spiro atoms. The number of rotatable bonds is 5. The van der Waals surface area contributed by atoms with E-state index in [1.165, 1.54) is 22.2 Å². The fraction of sp³-hybridized carbons (Fsp3) is 0.400. The second-order valence-electron chi connectivity index (χ2n) is 6.78.